The largest absolute Gasteiger partial charge is 0.507 e. The molecule has 0 aromatic heterocycles. The van der Waals surface area contributed by atoms with Gasteiger partial charge < -0.3 is 24.6 Å². The van der Waals surface area contributed by atoms with Gasteiger partial charge in [0.25, 0.3) is 0 Å². The Bertz CT molecular complexity index is 1340. The van der Waals surface area contributed by atoms with Gasteiger partial charge in [-0.05, 0) is 82.0 Å². The van der Waals surface area contributed by atoms with Gasteiger partial charge in [-0.1, -0.05) is 24.3 Å². The quantitative estimate of drug-likeness (QED) is 0.181. The van der Waals surface area contributed by atoms with E-state index in [9.17, 15) is 14.7 Å². The number of carbonyl (C=O) groups excluding carboxylic acids is 2. The standard InChI is InChI=1S/C29H29Br2NO6/c1-16(14-36-3)38-15-17(2)37-11-10-18-12-21(30)27(22(31)13-18)32-23-8-9-24(33)26-25(23)28(34)19-6-4-5-7-20(19)29(26)35/h4-9,12-13,16-17,32-33H,10-11,14-15H2,1-3H3. The lowest BCUT2D eigenvalue weighted by Crippen LogP contribution is -2.23. The van der Waals surface area contributed by atoms with Gasteiger partial charge in [0.1, 0.15) is 5.75 Å². The summed E-state index contributed by atoms with van der Waals surface area (Å²) in [5.74, 6) is -0.915. The van der Waals surface area contributed by atoms with Crippen molar-refractivity contribution in [1.82, 2.24) is 0 Å². The monoisotopic (exact) mass is 645 g/mol. The molecule has 0 amide bonds. The van der Waals surface area contributed by atoms with Crippen LogP contribution in [0, 0.1) is 0 Å². The number of fused-ring (bicyclic) bond motifs is 2. The van der Waals surface area contributed by atoms with E-state index in [2.05, 4.69) is 37.2 Å². The second-order valence-corrected chi connectivity index (χ2v) is 10.9. The molecule has 0 saturated heterocycles. The molecule has 4 rings (SSSR count). The summed E-state index contributed by atoms with van der Waals surface area (Å²) < 4.78 is 18.2. The molecular formula is C29H29Br2NO6. The van der Waals surface area contributed by atoms with Crippen LogP contribution in [0.5, 0.6) is 5.75 Å². The summed E-state index contributed by atoms with van der Waals surface area (Å²) in [5.41, 5.74) is 2.94. The third-order valence-electron chi connectivity index (χ3n) is 6.23. The van der Waals surface area contributed by atoms with Crippen LogP contribution in [0.2, 0.25) is 0 Å². The molecule has 9 heteroatoms. The van der Waals surface area contributed by atoms with Gasteiger partial charge in [0, 0.05) is 27.2 Å². The first-order chi connectivity index (χ1) is 18.2. The molecule has 0 saturated carbocycles. The molecule has 0 bridgehead atoms. The van der Waals surface area contributed by atoms with Gasteiger partial charge in [0.05, 0.1) is 54.5 Å². The maximum absolute atomic E-state index is 13.4. The minimum Gasteiger partial charge on any atom is -0.507 e. The Balaban J connectivity index is 1.49. The zero-order valence-electron chi connectivity index (χ0n) is 21.3. The summed E-state index contributed by atoms with van der Waals surface area (Å²) in [4.78, 5) is 26.5. The number of phenolic OH excluding ortho intramolecular Hbond substituents is 1. The molecule has 2 unspecified atom stereocenters. The molecule has 0 fully saturated rings. The highest BCUT2D eigenvalue weighted by molar-refractivity contribution is 9.11. The van der Waals surface area contributed by atoms with E-state index in [1.54, 1.807) is 37.4 Å². The van der Waals surface area contributed by atoms with E-state index >= 15 is 0 Å². The number of phenols is 1. The molecular weight excluding hydrogens is 618 g/mol. The van der Waals surface area contributed by atoms with Gasteiger partial charge in [-0.2, -0.15) is 0 Å². The molecule has 2 atom stereocenters. The van der Waals surface area contributed by atoms with E-state index in [0.717, 1.165) is 14.5 Å². The molecule has 7 nitrogen and oxygen atoms in total. The van der Waals surface area contributed by atoms with Crippen molar-refractivity contribution in [3.8, 4) is 5.75 Å². The van der Waals surface area contributed by atoms with Crippen molar-refractivity contribution < 1.29 is 28.9 Å². The Kier molecular flexibility index (Phi) is 9.38. The van der Waals surface area contributed by atoms with Crippen molar-refractivity contribution in [2.45, 2.75) is 32.5 Å². The molecule has 38 heavy (non-hydrogen) atoms. The summed E-state index contributed by atoms with van der Waals surface area (Å²) in [7, 11) is 1.65. The molecule has 3 aromatic rings. The van der Waals surface area contributed by atoms with Crippen LogP contribution >= 0.6 is 31.9 Å². The zero-order chi connectivity index (χ0) is 27.4. The van der Waals surface area contributed by atoms with Crippen molar-refractivity contribution in [2.24, 2.45) is 0 Å². The van der Waals surface area contributed by atoms with Gasteiger partial charge in [-0.3, -0.25) is 9.59 Å². The van der Waals surface area contributed by atoms with Crippen LogP contribution in [0.4, 0.5) is 11.4 Å². The van der Waals surface area contributed by atoms with Crippen molar-refractivity contribution in [2.75, 3.05) is 32.2 Å². The minimum absolute atomic E-state index is 0.00873. The number of hydrogen-bond acceptors (Lipinski definition) is 7. The highest BCUT2D eigenvalue weighted by Crippen LogP contribution is 2.41. The number of rotatable bonds is 11. The van der Waals surface area contributed by atoms with Gasteiger partial charge in [-0.15, -0.1) is 0 Å². The number of ether oxygens (including phenoxy) is 3. The van der Waals surface area contributed by atoms with Gasteiger partial charge in [0.15, 0.2) is 11.6 Å². The number of hydrogen-bond donors (Lipinski definition) is 2. The Labute approximate surface area is 238 Å². The summed E-state index contributed by atoms with van der Waals surface area (Å²) >= 11 is 7.26. The van der Waals surface area contributed by atoms with Crippen molar-refractivity contribution in [1.29, 1.82) is 0 Å². The average Bonchev–Trinajstić information content (AvgIpc) is 2.89. The molecule has 0 aliphatic heterocycles. The SMILES string of the molecule is COCC(C)OCC(C)OCCc1cc(Br)c(Nc2ccc(O)c3c2C(=O)c2ccccc2C3=O)c(Br)c1. The maximum atomic E-state index is 13.4. The molecule has 1 aliphatic carbocycles. The second-order valence-electron chi connectivity index (χ2n) is 9.18. The third-order valence-corrected chi connectivity index (χ3v) is 7.48. The zero-order valence-corrected chi connectivity index (χ0v) is 24.5. The van der Waals surface area contributed by atoms with Gasteiger partial charge in [-0.25, -0.2) is 0 Å². The predicted octanol–water partition coefficient (Wildman–Crippen LogP) is 6.44. The van der Waals surface area contributed by atoms with Crippen molar-refractivity contribution in [3.05, 3.63) is 85.3 Å². The van der Waals surface area contributed by atoms with E-state index in [4.69, 9.17) is 14.2 Å². The topological polar surface area (TPSA) is 94.1 Å². The normalized spacial score (nSPS) is 14.1. The van der Waals surface area contributed by atoms with Crippen LogP contribution < -0.4 is 5.32 Å². The van der Waals surface area contributed by atoms with Crippen molar-refractivity contribution in [3.63, 3.8) is 0 Å². The van der Waals surface area contributed by atoms with E-state index in [0.29, 0.717) is 43.2 Å². The minimum atomic E-state index is -0.377. The summed E-state index contributed by atoms with van der Waals surface area (Å²) in [6.07, 6.45) is 0.655. The van der Waals surface area contributed by atoms with E-state index < -0.39 is 0 Å². The number of nitrogens with one attached hydrogen (secondary N) is 1. The lowest BCUT2D eigenvalue weighted by atomic mass is 9.82. The molecule has 0 heterocycles. The van der Waals surface area contributed by atoms with E-state index in [1.807, 2.05) is 26.0 Å². The fourth-order valence-corrected chi connectivity index (χ4v) is 5.82. The number of anilines is 2. The first-order valence-corrected chi connectivity index (χ1v) is 13.8. The number of benzene rings is 3. The Morgan fingerprint density at radius 1 is 0.868 bits per heavy atom. The van der Waals surface area contributed by atoms with Crippen LogP contribution in [0.15, 0.2) is 57.5 Å². The highest BCUT2D eigenvalue weighted by Gasteiger charge is 2.34. The summed E-state index contributed by atoms with van der Waals surface area (Å²) in [6, 6.07) is 13.6. The van der Waals surface area contributed by atoms with Crippen LogP contribution in [-0.4, -0.2) is 55.8 Å². The molecule has 200 valence electrons. The third kappa shape index (κ3) is 6.18. The molecule has 0 radical (unpaired) electrons. The first-order valence-electron chi connectivity index (χ1n) is 12.2. The van der Waals surface area contributed by atoms with Gasteiger partial charge in [0.2, 0.25) is 0 Å². The maximum Gasteiger partial charge on any atom is 0.198 e. The molecule has 1 aliphatic rings. The second kappa shape index (κ2) is 12.5. The fourth-order valence-electron chi connectivity index (χ4n) is 4.34. The number of methoxy groups -OCH3 is 1. The van der Waals surface area contributed by atoms with Crippen LogP contribution in [0.25, 0.3) is 0 Å². The first kappa shape index (κ1) is 28.4. The number of halogens is 2. The summed E-state index contributed by atoms with van der Waals surface area (Å²) in [6.45, 7) is 5.49. The lowest BCUT2D eigenvalue weighted by molar-refractivity contribution is -0.0503. The van der Waals surface area contributed by atoms with Gasteiger partial charge >= 0.3 is 0 Å². The molecule has 0 spiro atoms. The lowest BCUT2D eigenvalue weighted by Gasteiger charge is -2.22. The van der Waals surface area contributed by atoms with Crippen molar-refractivity contribution >= 4 is 54.8 Å². The average molecular weight is 647 g/mol. The molecule has 2 N–H and O–H groups in total. The highest BCUT2D eigenvalue weighted by atomic mass is 79.9. The number of ketones is 2. The Morgan fingerprint density at radius 2 is 1.47 bits per heavy atom. The van der Waals surface area contributed by atoms with E-state index in [-0.39, 0.29) is 46.2 Å². The Morgan fingerprint density at radius 3 is 2.11 bits per heavy atom. The number of aromatic hydroxyl groups is 1. The fraction of sp³-hybridized carbons (Fsp3) is 0.310. The predicted molar refractivity (Wildman–Crippen MR) is 153 cm³/mol. The summed E-state index contributed by atoms with van der Waals surface area (Å²) in [5, 5.41) is 13.7. The Hall–Kier alpha value is -2.56. The van der Waals surface area contributed by atoms with Crippen LogP contribution in [0.1, 0.15) is 51.3 Å². The van der Waals surface area contributed by atoms with E-state index in [1.165, 1.54) is 6.07 Å². The molecule has 3 aromatic carbocycles. The van der Waals surface area contributed by atoms with Crippen LogP contribution in [-0.2, 0) is 20.6 Å². The van der Waals surface area contributed by atoms with Crippen LogP contribution in [0.3, 0.4) is 0 Å². The number of carbonyl (C=O) groups is 2. The smallest absolute Gasteiger partial charge is 0.198 e.